The average Bonchev–Trinajstić information content (AvgIpc) is 2.55. The average molecular weight is 289 g/mol. The number of rotatable bonds is 5. The van der Waals surface area contributed by atoms with Gasteiger partial charge in [0.2, 0.25) is 0 Å². The molecule has 2 aliphatic heterocycles. The number of nitrogens with one attached hydrogen (secondary N) is 1. The molecular weight excluding hydrogens is 262 g/mol. The predicted octanol–water partition coefficient (Wildman–Crippen LogP) is 1.65. The van der Waals surface area contributed by atoms with Crippen LogP contribution in [0.25, 0.3) is 0 Å². The van der Waals surface area contributed by atoms with Gasteiger partial charge in [-0.2, -0.15) is 0 Å². The van der Waals surface area contributed by atoms with Crippen molar-refractivity contribution >= 4 is 5.82 Å². The summed E-state index contributed by atoms with van der Waals surface area (Å²) >= 11 is 0. The molecule has 2 fully saturated rings. The first-order chi connectivity index (χ1) is 10.4. The first-order valence-electron chi connectivity index (χ1n) is 8.37. The van der Waals surface area contributed by atoms with Gasteiger partial charge in [-0.05, 0) is 32.4 Å². The highest BCUT2D eigenvalue weighted by atomic mass is 15.3. The van der Waals surface area contributed by atoms with Crippen LogP contribution in [0.3, 0.4) is 0 Å². The van der Waals surface area contributed by atoms with Crippen LogP contribution in [0, 0.1) is 0 Å². The van der Waals surface area contributed by atoms with Gasteiger partial charge >= 0.3 is 0 Å². The van der Waals surface area contributed by atoms with Gasteiger partial charge in [0.15, 0.2) is 0 Å². The van der Waals surface area contributed by atoms with Crippen molar-refractivity contribution in [1.82, 2.24) is 20.2 Å². The van der Waals surface area contributed by atoms with Crippen molar-refractivity contribution in [2.45, 2.75) is 45.2 Å². The van der Waals surface area contributed by atoms with Crippen LogP contribution >= 0.6 is 0 Å². The number of fused-ring (bicyclic) bond motifs is 1. The van der Waals surface area contributed by atoms with E-state index in [-0.39, 0.29) is 0 Å². The zero-order chi connectivity index (χ0) is 14.5. The van der Waals surface area contributed by atoms with E-state index in [1.165, 1.54) is 32.4 Å². The molecule has 0 bridgehead atoms. The van der Waals surface area contributed by atoms with E-state index >= 15 is 0 Å². The fourth-order valence-corrected chi connectivity index (χ4v) is 3.36. The first kappa shape index (κ1) is 14.7. The van der Waals surface area contributed by atoms with Gasteiger partial charge < -0.3 is 10.2 Å². The van der Waals surface area contributed by atoms with Crippen molar-refractivity contribution in [3.63, 3.8) is 0 Å². The molecule has 3 heterocycles. The number of piperidine rings is 1. The molecule has 0 amide bonds. The summed E-state index contributed by atoms with van der Waals surface area (Å²) in [4.78, 5) is 14.2. The summed E-state index contributed by atoms with van der Waals surface area (Å²) in [6.07, 6.45) is 9.10. The van der Waals surface area contributed by atoms with E-state index in [1.54, 1.807) is 0 Å². The number of aromatic nitrogens is 2. The molecule has 2 saturated heterocycles. The highest BCUT2D eigenvalue weighted by Crippen LogP contribution is 2.23. The summed E-state index contributed by atoms with van der Waals surface area (Å²) in [6.45, 7) is 8.68. The van der Waals surface area contributed by atoms with E-state index in [4.69, 9.17) is 0 Å². The van der Waals surface area contributed by atoms with Crippen LogP contribution in [0.15, 0.2) is 12.4 Å². The van der Waals surface area contributed by atoms with Crippen molar-refractivity contribution < 1.29 is 0 Å². The first-order valence-corrected chi connectivity index (χ1v) is 8.37. The van der Waals surface area contributed by atoms with Crippen LogP contribution < -0.4 is 10.2 Å². The van der Waals surface area contributed by atoms with Gasteiger partial charge in [-0.3, -0.25) is 9.88 Å². The topological polar surface area (TPSA) is 44.3 Å². The lowest BCUT2D eigenvalue weighted by molar-refractivity contribution is 0.133. The Hall–Kier alpha value is -1.20. The largest absolute Gasteiger partial charge is 0.352 e. The Morgan fingerprint density at radius 1 is 1.19 bits per heavy atom. The van der Waals surface area contributed by atoms with Gasteiger partial charge in [0, 0.05) is 32.2 Å². The van der Waals surface area contributed by atoms with E-state index in [2.05, 4.69) is 32.0 Å². The molecule has 3 rings (SSSR count). The maximum Gasteiger partial charge on any atom is 0.147 e. The molecule has 0 aliphatic carbocycles. The molecular formula is C16H27N5. The third-order valence-electron chi connectivity index (χ3n) is 4.59. The van der Waals surface area contributed by atoms with Gasteiger partial charge in [0.25, 0.3) is 0 Å². The van der Waals surface area contributed by atoms with Gasteiger partial charge in [-0.1, -0.05) is 13.3 Å². The highest BCUT2D eigenvalue weighted by Gasteiger charge is 2.29. The molecule has 0 saturated carbocycles. The van der Waals surface area contributed by atoms with Crippen molar-refractivity contribution in [1.29, 1.82) is 0 Å². The Kier molecular flexibility index (Phi) is 5.04. The Morgan fingerprint density at radius 3 is 2.95 bits per heavy atom. The number of nitrogens with zero attached hydrogens (tertiary/aromatic N) is 4. The highest BCUT2D eigenvalue weighted by molar-refractivity contribution is 5.37. The third-order valence-corrected chi connectivity index (χ3v) is 4.59. The van der Waals surface area contributed by atoms with E-state index < -0.39 is 0 Å². The Bertz CT molecular complexity index is 433. The van der Waals surface area contributed by atoms with Crippen LogP contribution in [-0.4, -0.2) is 53.6 Å². The molecule has 21 heavy (non-hydrogen) atoms. The standard InChI is InChI=1S/C16H27N5/c1-2-6-17-10-14-11-19-16(12-18-14)21-9-8-20-7-4-3-5-15(20)13-21/h11-12,15,17H,2-10,13H2,1H3. The molecule has 0 spiro atoms. The third kappa shape index (κ3) is 3.71. The van der Waals surface area contributed by atoms with Crippen LogP contribution in [0.5, 0.6) is 0 Å². The maximum absolute atomic E-state index is 4.62. The zero-order valence-electron chi connectivity index (χ0n) is 13.1. The molecule has 116 valence electrons. The molecule has 1 aromatic rings. The smallest absolute Gasteiger partial charge is 0.147 e. The summed E-state index contributed by atoms with van der Waals surface area (Å²) in [5.41, 5.74) is 1.03. The van der Waals surface area contributed by atoms with Crippen LogP contribution in [0.4, 0.5) is 5.82 Å². The predicted molar refractivity (Wildman–Crippen MR) is 85.5 cm³/mol. The quantitative estimate of drug-likeness (QED) is 0.835. The Morgan fingerprint density at radius 2 is 2.14 bits per heavy atom. The lowest BCUT2D eigenvalue weighted by Crippen LogP contribution is -2.55. The minimum Gasteiger partial charge on any atom is -0.352 e. The molecule has 5 heteroatoms. The second-order valence-electron chi connectivity index (χ2n) is 6.17. The second kappa shape index (κ2) is 7.18. The van der Waals surface area contributed by atoms with Crippen molar-refractivity contribution in [2.24, 2.45) is 0 Å². The second-order valence-corrected chi connectivity index (χ2v) is 6.17. The maximum atomic E-state index is 4.62. The van der Waals surface area contributed by atoms with E-state index in [0.29, 0.717) is 0 Å². The SMILES string of the molecule is CCCNCc1cnc(N2CCN3CCCCC3C2)cn1. The summed E-state index contributed by atoms with van der Waals surface area (Å²) in [6, 6.07) is 0.722. The van der Waals surface area contributed by atoms with Crippen LogP contribution in [-0.2, 0) is 6.54 Å². The van der Waals surface area contributed by atoms with Gasteiger partial charge in [-0.25, -0.2) is 4.98 Å². The lowest BCUT2D eigenvalue weighted by Gasteiger charge is -2.44. The fraction of sp³-hybridized carbons (Fsp3) is 0.750. The van der Waals surface area contributed by atoms with Crippen molar-refractivity contribution in [3.05, 3.63) is 18.1 Å². The molecule has 1 aromatic heterocycles. The molecule has 1 atom stereocenters. The normalized spacial score (nSPS) is 23.1. The van der Waals surface area contributed by atoms with E-state index in [9.17, 15) is 0 Å². The van der Waals surface area contributed by atoms with Gasteiger partial charge in [0.1, 0.15) is 5.82 Å². The molecule has 0 aromatic carbocycles. The monoisotopic (exact) mass is 289 g/mol. The molecule has 2 aliphatic rings. The molecule has 1 unspecified atom stereocenters. The van der Waals surface area contributed by atoms with Gasteiger partial charge in [0.05, 0.1) is 18.1 Å². The van der Waals surface area contributed by atoms with Crippen molar-refractivity contribution in [3.8, 4) is 0 Å². The summed E-state index contributed by atoms with van der Waals surface area (Å²) in [5.74, 6) is 1.04. The minimum atomic E-state index is 0.722. The molecule has 1 N–H and O–H groups in total. The van der Waals surface area contributed by atoms with Crippen LogP contribution in [0.2, 0.25) is 0 Å². The van der Waals surface area contributed by atoms with Crippen LogP contribution in [0.1, 0.15) is 38.3 Å². The summed E-state index contributed by atoms with van der Waals surface area (Å²) < 4.78 is 0. The number of anilines is 1. The fourth-order valence-electron chi connectivity index (χ4n) is 3.36. The number of hydrogen-bond acceptors (Lipinski definition) is 5. The lowest BCUT2D eigenvalue weighted by atomic mass is 9.99. The molecule has 5 nitrogen and oxygen atoms in total. The van der Waals surface area contributed by atoms with E-state index in [0.717, 1.165) is 50.2 Å². The van der Waals surface area contributed by atoms with E-state index in [1.807, 2.05) is 12.4 Å². The van der Waals surface area contributed by atoms with Crippen molar-refractivity contribution in [2.75, 3.05) is 37.6 Å². The summed E-state index contributed by atoms with van der Waals surface area (Å²) in [7, 11) is 0. The number of piperazine rings is 1. The van der Waals surface area contributed by atoms with Gasteiger partial charge in [-0.15, -0.1) is 0 Å². The minimum absolute atomic E-state index is 0.722. The Labute approximate surface area is 127 Å². The molecule has 0 radical (unpaired) electrons. The zero-order valence-corrected chi connectivity index (χ0v) is 13.1. The Balaban J connectivity index is 1.56. The number of hydrogen-bond donors (Lipinski definition) is 1. The summed E-state index contributed by atoms with van der Waals surface area (Å²) in [5, 5.41) is 3.36.